The quantitative estimate of drug-likeness (QED) is 0.153. The van der Waals surface area contributed by atoms with Gasteiger partial charge in [-0.1, -0.05) is 105 Å². The predicted octanol–water partition coefficient (Wildman–Crippen LogP) is 6.66. The summed E-state index contributed by atoms with van der Waals surface area (Å²) in [7, 11) is 0. The number of hydrogen-bond donors (Lipinski definition) is 3. The lowest BCUT2D eigenvalue weighted by molar-refractivity contribution is -0.122. The fourth-order valence-corrected chi connectivity index (χ4v) is 5.87. The van der Waals surface area contributed by atoms with Gasteiger partial charge in [0.15, 0.2) is 0 Å². The van der Waals surface area contributed by atoms with E-state index in [1.807, 2.05) is 36.4 Å². The molecule has 1 atom stereocenters. The fourth-order valence-electron chi connectivity index (χ4n) is 5.03. The summed E-state index contributed by atoms with van der Waals surface area (Å²) in [5.41, 5.74) is 5.40. The molecule has 7 nitrogen and oxygen atoms in total. The fraction of sp³-hybridized carbons (Fsp3) is 0.324. The lowest BCUT2D eigenvalue weighted by atomic mass is 9.98. The number of hydrogen-bond acceptors (Lipinski definition) is 6. The third-order valence-corrected chi connectivity index (χ3v) is 8.38. The first-order chi connectivity index (χ1) is 20.4. The average Bonchev–Trinajstić information content (AvgIpc) is 3.32. The summed E-state index contributed by atoms with van der Waals surface area (Å²) in [4.78, 5) is 38.9. The molecule has 0 spiro atoms. The van der Waals surface area contributed by atoms with Crippen molar-refractivity contribution in [1.82, 2.24) is 10.6 Å². The van der Waals surface area contributed by atoms with Crippen LogP contribution in [-0.2, 0) is 14.3 Å². The third kappa shape index (κ3) is 8.03. The van der Waals surface area contributed by atoms with Crippen molar-refractivity contribution in [3.8, 4) is 16.9 Å². The van der Waals surface area contributed by atoms with Gasteiger partial charge in [0.25, 0.3) is 0 Å². The Morgan fingerprint density at radius 1 is 0.929 bits per heavy atom. The highest BCUT2D eigenvalue weighted by atomic mass is 32.2. The SMILES string of the molecule is CCCCCCNC(=O)[C@H](CSC(=O)/C(C)=C/c1ccccc1O)NC(=O)OCC1c2ccccc2-c2ccccc21. The van der Waals surface area contributed by atoms with Crippen molar-refractivity contribution in [3.63, 3.8) is 0 Å². The Morgan fingerprint density at radius 2 is 1.57 bits per heavy atom. The van der Waals surface area contributed by atoms with Gasteiger partial charge in [0, 0.05) is 29.4 Å². The highest BCUT2D eigenvalue weighted by Gasteiger charge is 2.30. The molecule has 0 radical (unpaired) electrons. The Bertz CT molecular complexity index is 1390. The van der Waals surface area contributed by atoms with E-state index in [1.165, 1.54) is 0 Å². The largest absolute Gasteiger partial charge is 0.507 e. The number of alkyl carbamates (subject to hydrolysis) is 1. The minimum atomic E-state index is -0.960. The minimum Gasteiger partial charge on any atom is -0.507 e. The van der Waals surface area contributed by atoms with Gasteiger partial charge in [-0.15, -0.1) is 0 Å². The van der Waals surface area contributed by atoms with Gasteiger partial charge in [-0.2, -0.15) is 0 Å². The van der Waals surface area contributed by atoms with E-state index < -0.39 is 12.1 Å². The molecule has 3 N–H and O–H groups in total. The minimum absolute atomic E-state index is 0.0375. The molecule has 8 heteroatoms. The second-order valence-corrected chi connectivity index (χ2v) is 11.4. The summed E-state index contributed by atoms with van der Waals surface area (Å²) in [5.74, 6) is -0.350. The normalized spacial score (nSPS) is 13.1. The van der Waals surface area contributed by atoms with Crippen LogP contribution in [0.4, 0.5) is 4.79 Å². The Kier molecular flexibility index (Phi) is 11.2. The highest BCUT2D eigenvalue weighted by Crippen LogP contribution is 2.44. The molecule has 42 heavy (non-hydrogen) atoms. The molecule has 0 heterocycles. The first-order valence-electron chi connectivity index (χ1n) is 14.4. The van der Waals surface area contributed by atoms with Crippen molar-refractivity contribution >= 4 is 35.0 Å². The lowest BCUT2D eigenvalue weighted by Gasteiger charge is -2.19. The molecule has 4 rings (SSSR count). The summed E-state index contributed by atoms with van der Waals surface area (Å²) < 4.78 is 5.66. The number of phenolic OH excluding ortho intramolecular Hbond substituents is 1. The van der Waals surface area contributed by atoms with E-state index >= 15 is 0 Å². The third-order valence-electron chi connectivity index (χ3n) is 7.29. The van der Waals surface area contributed by atoms with Crippen LogP contribution in [0.15, 0.2) is 78.4 Å². The Balaban J connectivity index is 1.39. The number of unbranched alkanes of at least 4 members (excludes halogenated alkanes) is 3. The van der Waals surface area contributed by atoms with Crippen molar-refractivity contribution in [3.05, 3.63) is 95.1 Å². The van der Waals surface area contributed by atoms with Crippen molar-refractivity contribution in [2.24, 2.45) is 0 Å². The van der Waals surface area contributed by atoms with Gasteiger partial charge in [-0.05, 0) is 47.7 Å². The van der Waals surface area contributed by atoms with Crippen LogP contribution < -0.4 is 10.6 Å². The molecule has 2 amide bonds. The summed E-state index contributed by atoms with van der Waals surface area (Å²) in [5, 5.41) is 15.3. The van der Waals surface area contributed by atoms with E-state index in [-0.39, 0.29) is 35.0 Å². The summed E-state index contributed by atoms with van der Waals surface area (Å²) >= 11 is 0.940. The summed E-state index contributed by atoms with van der Waals surface area (Å²) in [6.45, 7) is 4.40. The molecular weight excluding hydrogens is 548 g/mol. The second kappa shape index (κ2) is 15.3. The Morgan fingerprint density at radius 3 is 2.24 bits per heavy atom. The van der Waals surface area contributed by atoms with Gasteiger partial charge >= 0.3 is 6.09 Å². The van der Waals surface area contributed by atoms with Gasteiger partial charge in [0.2, 0.25) is 11.0 Å². The summed E-state index contributed by atoms with van der Waals surface area (Å²) in [6.07, 6.45) is 4.91. The molecule has 0 saturated heterocycles. The highest BCUT2D eigenvalue weighted by molar-refractivity contribution is 8.14. The first kappa shape index (κ1) is 30.9. The second-order valence-electron chi connectivity index (χ2n) is 10.4. The van der Waals surface area contributed by atoms with E-state index in [0.717, 1.165) is 59.7 Å². The molecule has 0 aromatic heterocycles. The molecular formula is C34H38N2O5S. The molecule has 0 fully saturated rings. The van der Waals surface area contributed by atoms with E-state index in [9.17, 15) is 19.5 Å². The monoisotopic (exact) mass is 586 g/mol. The number of phenols is 1. The zero-order valence-electron chi connectivity index (χ0n) is 24.1. The molecule has 3 aromatic carbocycles. The maximum absolute atomic E-state index is 13.1. The molecule has 0 saturated carbocycles. The number of aromatic hydroxyl groups is 1. The molecule has 0 aliphatic heterocycles. The number of carbonyl (C=O) groups is 3. The lowest BCUT2D eigenvalue weighted by Crippen LogP contribution is -2.49. The standard InChI is InChI=1S/C34H38N2O5S/c1-3-4-5-12-19-35-32(38)30(22-42-33(39)23(2)20-24-13-6-11-18-31(24)37)36-34(40)41-21-29-27-16-9-7-14-25(27)26-15-8-10-17-28(26)29/h6-11,13-18,20,29-30,37H,3-5,12,19,21-22H2,1-2H3,(H,35,38)(H,36,40)/b23-20+/t30-/m0/s1. The number of thioether (sulfide) groups is 1. The zero-order chi connectivity index (χ0) is 29.9. The molecule has 0 bridgehead atoms. The number of benzene rings is 3. The van der Waals surface area contributed by atoms with Crippen LogP contribution in [0.1, 0.15) is 62.1 Å². The van der Waals surface area contributed by atoms with Gasteiger partial charge in [0.1, 0.15) is 18.4 Å². The van der Waals surface area contributed by atoms with Crippen LogP contribution in [0.5, 0.6) is 5.75 Å². The van der Waals surface area contributed by atoms with Crippen LogP contribution in [0, 0.1) is 0 Å². The molecule has 220 valence electrons. The number of nitrogens with one attached hydrogen (secondary N) is 2. The zero-order valence-corrected chi connectivity index (χ0v) is 24.9. The van der Waals surface area contributed by atoms with Crippen LogP contribution in [0.2, 0.25) is 0 Å². The van der Waals surface area contributed by atoms with Crippen LogP contribution >= 0.6 is 11.8 Å². The van der Waals surface area contributed by atoms with Crippen molar-refractivity contribution in [2.45, 2.75) is 51.5 Å². The van der Waals surface area contributed by atoms with Gasteiger partial charge in [-0.3, -0.25) is 9.59 Å². The van der Waals surface area contributed by atoms with Crippen molar-refractivity contribution in [1.29, 1.82) is 0 Å². The number of para-hydroxylation sites is 1. The summed E-state index contributed by atoms with van der Waals surface area (Å²) in [6, 6.07) is 22.0. The van der Waals surface area contributed by atoms with E-state index in [1.54, 1.807) is 37.3 Å². The van der Waals surface area contributed by atoms with Crippen molar-refractivity contribution < 1.29 is 24.2 Å². The number of rotatable bonds is 13. The van der Waals surface area contributed by atoms with E-state index in [0.29, 0.717) is 17.7 Å². The maximum Gasteiger partial charge on any atom is 0.407 e. The Labute approximate surface area is 251 Å². The molecule has 1 aliphatic carbocycles. The number of fused-ring (bicyclic) bond motifs is 3. The number of ether oxygens (including phenoxy) is 1. The van der Waals surface area contributed by atoms with Crippen LogP contribution in [0.25, 0.3) is 17.2 Å². The molecule has 3 aromatic rings. The van der Waals surface area contributed by atoms with Crippen LogP contribution in [0.3, 0.4) is 0 Å². The van der Waals surface area contributed by atoms with Crippen LogP contribution in [-0.4, -0.2) is 47.2 Å². The maximum atomic E-state index is 13.1. The topological polar surface area (TPSA) is 105 Å². The van der Waals surface area contributed by atoms with Gasteiger partial charge in [-0.25, -0.2) is 4.79 Å². The average molecular weight is 587 g/mol. The smallest absolute Gasteiger partial charge is 0.407 e. The number of carbonyl (C=O) groups excluding carboxylic acids is 3. The number of amides is 2. The van der Waals surface area contributed by atoms with Gasteiger partial charge in [0.05, 0.1) is 0 Å². The molecule has 1 aliphatic rings. The van der Waals surface area contributed by atoms with Gasteiger partial charge < -0.3 is 20.5 Å². The predicted molar refractivity (Wildman–Crippen MR) is 168 cm³/mol. The van der Waals surface area contributed by atoms with E-state index in [4.69, 9.17) is 4.74 Å². The van der Waals surface area contributed by atoms with E-state index in [2.05, 4.69) is 29.7 Å². The van der Waals surface area contributed by atoms with Crippen molar-refractivity contribution in [2.75, 3.05) is 18.9 Å². The molecule has 0 unspecified atom stereocenters. The Hall–Kier alpha value is -4.04. The first-order valence-corrected chi connectivity index (χ1v) is 15.4.